The summed E-state index contributed by atoms with van der Waals surface area (Å²) in [7, 11) is 0. The Morgan fingerprint density at radius 3 is 1.74 bits per heavy atom. The van der Waals surface area contributed by atoms with Gasteiger partial charge in [-0.2, -0.15) is 0 Å². The maximum absolute atomic E-state index is 11.9. The van der Waals surface area contributed by atoms with Crippen molar-refractivity contribution in [3.8, 4) is 22.5 Å². The summed E-state index contributed by atoms with van der Waals surface area (Å²) in [5.74, 6) is -0.538. The molecule has 0 aliphatic carbocycles. The monoisotopic (exact) mass is 622 g/mol. The van der Waals surface area contributed by atoms with Crippen LogP contribution in [0.2, 0.25) is 5.28 Å². The summed E-state index contributed by atoms with van der Waals surface area (Å²) in [5.41, 5.74) is 5.51. The highest BCUT2D eigenvalue weighted by Crippen LogP contribution is 2.43. The van der Waals surface area contributed by atoms with Gasteiger partial charge >= 0.3 is 5.97 Å². The minimum absolute atomic E-state index is 0.00963. The van der Waals surface area contributed by atoms with Gasteiger partial charge in [-0.3, -0.25) is 0 Å². The maximum atomic E-state index is 11.9. The van der Waals surface area contributed by atoms with E-state index in [1.165, 1.54) is 10.8 Å². The average molecular weight is 623 g/mol. The zero-order valence-electron chi connectivity index (χ0n) is 24.5. The van der Waals surface area contributed by atoms with E-state index in [1.54, 1.807) is 0 Å². The summed E-state index contributed by atoms with van der Waals surface area (Å²) in [6, 6.07) is 46.5. The quantitative estimate of drug-likeness (QED) is 0.168. The highest BCUT2D eigenvalue weighted by Gasteiger charge is 2.42. The molecule has 2 aromatic heterocycles. The van der Waals surface area contributed by atoms with Gasteiger partial charge in [-0.05, 0) is 55.4 Å². The highest BCUT2D eigenvalue weighted by atomic mass is 35.5. The molecule has 1 N–H and O–H groups in total. The first-order valence-electron chi connectivity index (χ1n) is 14.7. The fourth-order valence-electron chi connectivity index (χ4n) is 6.16. The lowest BCUT2D eigenvalue weighted by Gasteiger charge is -2.36. The predicted molar refractivity (Wildman–Crippen MR) is 177 cm³/mol. The number of tetrazole rings is 1. The number of carboxylic acid groups (broad SMARTS) is 1. The van der Waals surface area contributed by atoms with Crippen molar-refractivity contribution in [2.24, 2.45) is 0 Å². The molecule has 8 nitrogen and oxygen atoms in total. The van der Waals surface area contributed by atoms with Crippen molar-refractivity contribution in [1.82, 2.24) is 29.8 Å². The van der Waals surface area contributed by atoms with Crippen molar-refractivity contribution < 1.29 is 9.90 Å². The van der Waals surface area contributed by atoms with Crippen molar-refractivity contribution in [3.63, 3.8) is 0 Å². The Bertz CT molecular complexity index is 2030. The molecule has 0 saturated carbocycles. The number of carboxylic acids is 1. The average Bonchev–Trinajstić information content (AvgIpc) is 3.74. The zero-order chi connectivity index (χ0) is 31.5. The minimum atomic E-state index is -1.10. The van der Waals surface area contributed by atoms with E-state index in [9.17, 15) is 9.90 Å². The Labute approximate surface area is 270 Å². The van der Waals surface area contributed by atoms with Crippen LogP contribution >= 0.6 is 11.6 Å². The van der Waals surface area contributed by atoms with E-state index in [0.29, 0.717) is 5.82 Å². The van der Waals surface area contributed by atoms with Gasteiger partial charge in [0.25, 0.3) is 0 Å². The van der Waals surface area contributed by atoms with Crippen LogP contribution in [-0.4, -0.2) is 40.8 Å². The molecule has 0 saturated heterocycles. The number of rotatable bonds is 9. The molecule has 7 aromatic rings. The lowest BCUT2D eigenvalue weighted by atomic mass is 9.77. The standard InChI is InChI=1S/C37H27ClN6O2/c38-36-39-24-33(35(45)46)43(36)25-26-14-10-11-21-30(26)31-22-12-13-23-32(31)34-40-41-42-44(34)37(27-15-4-1-5-16-27,28-17-6-2-7-18-28)29-19-8-3-9-20-29/h1-24H,25H2,(H,45,46). The van der Waals surface area contributed by atoms with Crippen LogP contribution in [0.1, 0.15) is 32.7 Å². The number of hydrogen-bond donors (Lipinski definition) is 1. The Balaban J connectivity index is 1.47. The number of benzene rings is 5. The Morgan fingerprint density at radius 1 is 0.674 bits per heavy atom. The predicted octanol–water partition coefficient (Wildman–Crippen LogP) is 7.44. The number of aromatic carboxylic acids is 1. The highest BCUT2D eigenvalue weighted by molar-refractivity contribution is 6.28. The summed E-state index contributed by atoms with van der Waals surface area (Å²) >= 11 is 6.35. The van der Waals surface area contributed by atoms with Crippen LogP contribution in [0.5, 0.6) is 0 Å². The molecule has 0 atom stereocenters. The van der Waals surface area contributed by atoms with Crippen molar-refractivity contribution in [2.45, 2.75) is 12.1 Å². The van der Waals surface area contributed by atoms with Gasteiger partial charge in [-0.1, -0.05) is 140 Å². The molecule has 7 rings (SSSR count). The molecule has 224 valence electrons. The van der Waals surface area contributed by atoms with Gasteiger partial charge in [0, 0.05) is 5.56 Å². The molecule has 0 bridgehead atoms. The van der Waals surface area contributed by atoms with Gasteiger partial charge in [-0.25, -0.2) is 14.5 Å². The van der Waals surface area contributed by atoms with Crippen LogP contribution in [0.15, 0.2) is 146 Å². The first-order chi connectivity index (χ1) is 22.6. The van der Waals surface area contributed by atoms with E-state index < -0.39 is 11.5 Å². The summed E-state index contributed by atoms with van der Waals surface area (Å²) in [5, 5.41) is 23.5. The van der Waals surface area contributed by atoms with Gasteiger partial charge in [0.15, 0.2) is 5.82 Å². The lowest BCUT2D eigenvalue weighted by molar-refractivity contribution is 0.0685. The van der Waals surface area contributed by atoms with Crippen LogP contribution in [0.3, 0.4) is 0 Å². The van der Waals surface area contributed by atoms with E-state index in [2.05, 4.69) is 51.7 Å². The largest absolute Gasteiger partial charge is 0.477 e. The fraction of sp³-hybridized carbons (Fsp3) is 0.0541. The fourth-order valence-corrected chi connectivity index (χ4v) is 6.36. The van der Waals surface area contributed by atoms with Crippen LogP contribution in [-0.2, 0) is 12.1 Å². The molecular weight excluding hydrogens is 596 g/mol. The van der Waals surface area contributed by atoms with Crippen LogP contribution < -0.4 is 0 Å². The molecule has 2 heterocycles. The van der Waals surface area contributed by atoms with E-state index in [4.69, 9.17) is 16.8 Å². The van der Waals surface area contributed by atoms with Crippen LogP contribution in [0.25, 0.3) is 22.5 Å². The van der Waals surface area contributed by atoms with Gasteiger partial charge in [0.05, 0.1) is 12.7 Å². The molecular formula is C37H27ClN6O2. The zero-order valence-corrected chi connectivity index (χ0v) is 25.2. The number of aromatic nitrogens is 6. The third-order valence-electron chi connectivity index (χ3n) is 8.19. The molecule has 0 aliphatic heterocycles. The lowest BCUT2D eigenvalue weighted by Crippen LogP contribution is -2.39. The van der Waals surface area contributed by atoms with Gasteiger partial charge in [-0.15, -0.1) is 5.10 Å². The maximum Gasteiger partial charge on any atom is 0.354 e. The van der Waals surface area contributed by atoms with Crippen LogP contribution in [0.4, 0.5) is 0 Å². The molecule has 0 fully saturated rings. The Morgan fingerprint density at radius 2 is 1.17 bits per heavy atom. The summed E-state index contributed by atoms with van der Waals surface area (Å²) in [6.07, 6.45) is 1.27. The number of imidazole rings is 1. The molecule has 9 heteroatoms. The number of hydrogen-bond acceptors (Lipinski definition) is 5. The van der Waals surface area contributed by atoms with E-state index >= 15 is 0 Å². The molecule has 0 radical (unpaired) electrons. The van der Waals surface area contributed by atoms with Crippen LogP contribution in [0, 0.1) is 0 Å². The molecule has 0 spiro atoms. The van der Waals surface area contributed by atoms with Gasteiger partial charge in [0.2, 0.25) is 5.28 Å². The first-order valence-corrected chi connectivity index (χ1v) is 15.0. The molecule has 0 aliphatic rings. The number of carbonyl (C=O) groups is 1. The van der Waals surface area contributed by atoms with E-state index in [0.717, 1.165) is 38.9 Å². The van der Waals surface area contributed by atoms with Crippen molar-refractivity contribution in [2.75, 3.05) is 0 Å². The summed E-state index contributed by atoms with van der Waals surface area (Å²) in [4.78, 5) is 16.0. The summed E-state index contributed by atoms with van der Waals surface area (Å²) in [6.45, 7) is 0.206. The third-order valence-corrected chi connectivity index (χ3v) is 8.49. The van der Waals surface area contributed by atoms with Crippen molar-refractivity contribution >= 4 is 17.6 Å². The molecule has 46 heavy (non-hydrogen) atoms. The topological polar surface area (TPSA) is 98.7 Å². The molecule has 0 unspecified atom stereocenters. The molecule has 0 amide bonds. The smallest absolute Gasteiger partial charge is 0.354 e. The second-order valence-corrected chi connectivity index (χ2v) is 11.1. The van der Waals surface area contributed by atoms with Gasteiger partial charge < -0.3 is 9.67 Å². The summed E-state index contributed by atoms with van der Waals surface area (Å²) < 4.78 is 3.39. The van der Waals surface area contributed by atoms with Gasteiger partial charge in [0.1, 0.15) is 11.2 Å². The van der Waals surface area contributed by atoms with Crippen molar-refractivity contribution in [3.05, 3.63) is 179 Å². The van der Waals surface area contributed by atoms with E-state index in [1.807, 2.05) is 108 Å². The third kappa shape index (κ3) is 4.95. The Kier molecular flexibility index (Phi) is 7.70. The van der Waals surface area contributed by atoms with Crippen molar-refractivity contribution in [1.29, 1.82) is 0 Å². The number of halogens is 1. The Hall–Kier alpha value is -5.86. The SMILES string of the molecule is O=C(O)c1cnc(Cl)n1Cc1ccccc1-c1ccccc1-c1nnnn1C(c1ccccc1)(c1ccccc1)c1ccccc1. The number of nitrogens with zero attached hydrogens (tertiary/aromatic N) is 6. The van der Waals surface area contributed by atoms with E-state index in [-0.39, 0.29) is 17.5 Å². The minimum Gasteiger partial charge on any atom is -0.477 e. The second-order valence-electron chi connectivity index (χ2n) is 10.7. The second kappa shape index (κ2) is 12.3. The molecule has 5 aromatic carbocycles. The first kappa shape index (κ1) is 28.9. The normalized spacial score (nSPS) is 11.4.